The molecule has 2 heteroatoms. The lowest BCUT2D eigenvalue weighted by Crippen LogP contribution is -2.18. The van der Waals surface area contributed by atoms with Gasteiger partial charge < -0.3 is 9.47 Å². The van der Waals surface area contributed by atoms with Gasteiger partial charge in [0.15, 0.2) is 0 Å². The van der Waals surface area contributed by atoms with Gasteiger partial charge in [-0.05, 0) is 138 Å². The number of hydrogen-bond donors (Lipinski definition) is 0. The van der Waals surface area contributed by atoms with Gasteiger partial charge in [0.1, 0.15) is 0 Å². The van der Waals surface area contributed by atoms with E-state index >= 15 is 0 Å². The Kier molecular flexibility index (Phi) is 9.16. The van der Waals surface area contributed by atoms with Crippen molar-refractivity contribution in [3.8, 4) is 39.1 Å². The van der Waals surface area contributed by atoms with E-state index in [2.05, 4.69) is 230 Å². The zero-order valence-corrected chi connectivity index (χ0v) is 32.9. The Morgan fingerprint density at radius 2 is 0.948 bits per heavy atom. The zero-order chi connectivity index (χ0) is 39.0. The first-order chi connectivity index (χ1) is 28.6. The first-order valence-electron chi connectivity index (χ1n) is 20.3. The van der Waals surface area contributed by atoms with Crippen LogP contribution in [0.1, 0.15) is 29.5 Å². The van der Waals surface area contributed by atoms with E-state index in [-0.39, 0.29) is 0 Å². The number of nitrogens with zero attached hydrogens (tertiary/aromatic N) is 2. The maximum atomic E-state index is 2.45. The molecule has 1 heterocycles. The van der Waals surface area contributed by atoms with Crippen LogP contribution in [0.25, 0.3) is 66.4 Å². The van der Waals surface area contributed by atoms with Crippen LogP contribution in [0.4, 0.5) is 11.4 Å². The third kappa shape index (κ3) is 6.63. The Morgan fingerprint density at radius 3 is 1.59 bits per heavy atom. The molecule has 0 fully saturated rings. The fourth-order valence-corrected chi connectivity index (χ4v) is 8.74. The summed E-state index contributed by atoms with van der Waals surface area (Å²) in [5.41, 5.74) is 19.8. The summed E-state index contributed by atoms with van der Waals surface area (Å²) in [6.45, 7) is 4.35. The van der Waals surface area contributed by atoms with Crippen LogP contribution in [-0.2, 0) is 0 Å². The van der Waals surface area contributed by atoms with Gasteiger partial charge in [-0.2, -0.15) is 0 Å². The number of benzene rings is 8. The van der Waals surface area contributed by atoms with E-state index in [4.69, 9.17) is 0 Å². The number of rotatable bonds is 8. The van der Waals surface area contributed by atoms with Crippen LogP contribution in [0.2, 0.25) is 0 Å². The van der Waals surface area contributed by atoms with Crippen LogP contribution in [0.3, 0.4) is 0 Å². The first-order valence-corrected chi connectivity index (χ1v) is 20.3. The fourth-order valence-electron chi connectivity index (χ4n) is 8.74. The number of aromatic nitrogens is 1. The van der Waals surface area contributed by atoms with Gasteiger partial charge in [-0.1, -0.05) is 151 Å². The predicted molar refractivity (Wildman–Crippen MR) is 247 cm³/mol. The fraction of sp³-hybridized carbons (Fsp3) is 0.0714. The summed E-state index contributed by atoms with van der Waals surface area (Å²) in [4.78, 5) is 2.45. The Labute approximate surface area is 341 Å². The molecule has 0 unspecified atom stereocenters. The van der Waals surface area contributed by atoms with E-state index in [9.17, 15) is 0 Å². The molecule has 8 aromatic carbocycles. The second-order valence-corrected chi connectivity index (χ2v) is 15.5. The highest BCUT2D eigenvalue weighted by Crippen LogP contribution is 2.41. The maximum absolute atomic E-state index is 2.45. The van der Waals surface area contributed by atoms with E-state index in [0.717, 1.165) is 29.9 Å². The molecule has 0 saturated heterocycles. The lowest BCUT2D eigenvalue weighted by molar-refractivity contribution is 0.930. The zero-order valence-electron chi connectivity index (χ0n) is 32.9. The standard InChI is InChI=1S/C56H44N2/c1-39-20-34-55-53(36-39)54-37-40(2)21-35-56(54)58(55)49-30-24-43(25-31-49)46-16-11-17-50(38-46)57(47-28-22-42(23-29-47)41-12-5-3-6-13-41)48-32-26-45(27-33-48)52-19-10-9-18-51(52)44-14-7-4-8-15-44/h3-26,28-32,34-38H,27,33H2,1-2H3. The van der Waals surface area contributed by atoms with Gasteiger partial charge in [-0.25, -0.2) is 0 Å². The molecule has 58 heavy (non-hydrogen) atoms. The topological polar surface area (TPSA) is 8.17 Å². The Hall–Kier alpha value is -7.16. The summed E-state index contributed by atoms with van der Waals surface area (Å²) in [7, 11) is 0. The van der Waals surface area contributed by atoms with Crippen LogP contribution < -0.4 is 4.90 Å². The Balaban J connectivity index is 1.03. The molecular formula is C56H44N2. The molecule has 0 atom stereocenters. The number of allylic oxidation sites excluding steroid dienone is 4. The SMILES string of the molecule is Cc1ccc2c(c1)c1cc(C)ccc1n2-c1ccc(-c2cccc(N(C3=CC=C(c4ccccc4-c4ccccc4)CC3)c3ccc(-c4ccccc4)cc3)c2)cc1. The van der Waals surface area contributed by atoms with E-state index in [1.807, 2.05) is 0 Å². The summed E-state index contributed by atoms with van der Waals surface area (Å²) in [6.07, 6.45) is 6.55. The summed E-state index contributed by atoms with van der Waals surface area (Å²) in [6, 6.07) is 70.9. The van der Waals surface area contributed by atoms with Crippen molar-refractivity contribution in [2.75, 3.05) is 4.90 Å². The minimum atomic E-state index is 0.923. The van der Waals surface area contributed by atoms with Crippen LogP contribution >= 0.6 is 0 Å². The summed E-state index contributed by atoms with van der Waals surface area (Å²) in [5.74, 6) is 0. The Bertz CT molecular complexity index is 2920. The van der Waals surface area contributed by atoms with E-state index in [1.54, 1.807) is 0 Å². The number of hydrogen-bond acceptors (Lipinski definition) is 1. The van der Waals surface area contributed by atoms with Gasteiger partial charge >= 0.3 is 0 Å². The number of aryl methyl sites for hydroxylation is 2. The van der Waals surface area contributed by atoms with Crippen molar-refractivity contribution in [2.24, 2.45) is 0 Å². The molecular weight excluding hydrogens is 701 g/mol. The van der Waals surface area contributed by atoms with Crippen molar-refractivity contribution in [3.05, 3.63) is 229 Å². The monoisotopic (exact) mass is 744 g/mol. The summed E-state index contributed by atoms with van der Waals surface area (Å²) < 4.78 is 2.40. The molecule has 1 aliphatic rings. The minimum absolute atomic E-state index is 0.923. The molecule has 0 N–H and O–H groups in total. The van der Waals surface area contributed by atoms with Crippen LogP contribution in [0.5, 0.6) is 0 Å². The quantitative estimate of drug-likeness (QED) is 0.150. The highest BCUT2D eigenvalue weighted by atomic mass is 15.1. The molecule has 9 aromatic rings. The van der Waals surface area contributed by atoms with Gasteiger partial charge in [0.2, 0.25) is 0 Å². The molecule has 2 nitrogen and oxygen atoms in total. The molecule has 0 bridgehead atoms. The van der Waals surface area contributed by atoms with Crippen molar-refractivity contribution in [1.29, 1.82) is 0 Å². The van der Waals surface area contributed by atoms with Crippen LogP contribution in [0.15, 0.2) is 212 Å². The number of anilines is 2. The second kappa shape index (κ2) is 15.1. The molecule has 10 rings (SSSR count). The van der Waals surface area contributed by atoms with Crippen molar-refractivity contribution in [3.63, 3.8) is 0 Å². The minimum Gasteiger partial charge on any atom is -0.314 e. The Morgan fingerprint density at radius 1 is 0.397 bits per heavy atom. The molecule has 0 aliphatic heterocycles. The van der Waals surface area contributed by atoms with Gasteiger partial charge in [0.25, 0.3) is 0 Å². The smallest absolute Gasteiger partial charge is 0.0541 e. The van der Waals surface area contributed by atoms with Gasteiger partial charge in [0, 0.05) is 33.5 Å². The van der Waals surface area contributed by atoms with Crippen LogP contribution in [-0.4, -0.2) is 4.57 Å². The predicted octanol–water partition coefficient (Wildman–Crippen LogP) is 15.3. The maximum Gasteiger partial charge on any atom is 0.0541 e. The molecule has 1 aromatic heterocycles. The third-order valence-electron chi connectivity index (χ3n) is 11.6. The number of fused-ring (bicyclic) bond motifs is 3. The van der Waals surface area contributed by atoms with Crippen molar-refractivity contribution >= 4 is 38.8 Å². The normalized spacial score (nSPS) is 12.7. The summed E-state index contributed by atoms with van der Waals surface area (Å²) in [5, 5.41) is 2.60. The van der Waals surface area contributed by atoms with Crippen molar-refractivity contribution in [2.45, 2.75) is 26.7 Å². The highest BCUT2D eigenvalue weighted by molar-refractivity contribution is 6.09. The largest absolute Gasteiger partial charge is 0.314 e. The average Bonchev–Trinajstić information content (AvgIpc) is 3.60. The molecule has 0 amide bonds. The third-order valence-corrected chi connectivity index (χ3v) is 11.6. The molecule has 0 radical (unpaired) electrons. The van der Waals surface area contributed by atoms with Crippen molar-refractivity contribution < 1.29 is 0 Å². The lowest BCUT2D eigenvalue weighted by Gasteiger charge is -2.30. The van der Waals surface area contributed by atoms with Gasteiger partial charge in [0.05, 0.1) is 11.0 Å². The average molecular weight is 745 g/mol. The van der Waals surface area contributed by atoms with Crippen molar-refractivity contribution in [1.82, 2.24) is 4.57 Å². The highest BCUT2D eigenvalue weighted by Gasteiger charge is 2.20. The molecule has 0 spiro atoms. The molecule has 1 aliphatic carbocycles. The van der Waals surface area contributed by atoms with Gasteiger partial charge in [-0.3, -0.25) is 0 Å². The first kappa shape index (κ1) is 35.3. The van der Waals surface area contributed by atoms with E-state index in [1.165, 1.54) is 83.1 Å². The van der Waals surface area contributed by atoms with E-state index in [0.29, 0.717) is 0 Å². The lowest BCUT2D eigenvalue weighted by atomic mass is 9.89. The summed E-state index contributed by atoms with van der Waals surface area (Å²) >= 11 is 0. The molecule has 278 valence electrons. The van der Waals surface area contributed by atoms with E-state index < -0.39 is 0 Å². The van der Waals surface area contributed by atoms with Crippen LogP contribution in [0, 0.1) is 13.8 Å². The second-order valence-electron chi connectivity index (χ2n) is 15.5. The molecule has 0 saturated carbocycles. The van der Waals surface area contributed by atoms with Gasteiger partial charge in [-0.15, -0.1) is 0 Å².